The summed E-state index contributed by atoms with van der Waals surface area (Å²) in [5.74, 6) is -10.5. The highest BCUT2D eigenvalue weighted by Crippen LogP contribution is 2.22. The van der Waals surface area contributed by atoms with Gasteiger partial charge in [-0.3, -0.25) is 62.9 Å². The number of hydrogen-bond donors (Lipinski definition) is 19. The number of nitrogens with two attached hydrogens (primary N) is 8. The van der Waals surface area contributed by atoms with E-state index in [2.05, 4.69) is 62.8 Å². The molecule has 1 aliphatic rings. The minimum Gasteiger partial charge on any atom is -0.508 e. The van der Waals surface area contributed by atoms with Gasteiger partial charge in [0.05, 0.1) is 12.6 Å². The number of nitrogens with one attached hydrogen (secondary N) is 9. The van der Waals surface area contributed by atoms with Gasteiger partial charge < -0.3 is 109 Å². The number of benzene rings is 2. The third-order valence-corrected chi connectivity index (χ3v) is 16.1. The van der Waals surface area contributed by atoms with Crippen molar-refractivity contribution in [2.75, 3.05) is 39.3 Å². The monoisotopic (exact) mass is 1380 g/mol. The number of likely N-dealkylation sites (tertiary alicyclic amines) is 1. The molecule has 11 atom stereocenters. The Labute approximate surface area is 571 Å². The van der Waals surface area contributed by atoms with Crippen molar-refractivity contribution >= 4 is 82.9 Å². The van der Waals surface area contributed by atoms with Crippen LogP contribution >= 0.6 is 0 Å². The van der Waals surface area contributed by atoms with Crippen molar-refractivity contribution < 1.29 is 63.0 Å². The lowest BCUT2D eigenvalue weighted by molar-refractivity contribution is -0.145. The molecule has 1 saturated heterocycles. The number of aliphatic carboxylic acids is 1. The summed E-state index contributed by atoms with van der Waals surface area (Å²) >= 11 is 0. The molecule has 34 nitrogen and oxygen atoms in total. The van der Waals surface area contributed by atoms with Gasteiger partial charge in [-0.15, -0.1) is 0 Å². The highest BCUT2D eigenvalue weighted by atomic mass is 16.4. The Bertz CT molecular complexity index is 3030. The maximum Gasteiger partial charge on any atom is 0.326 e. The largest absolute Gasteiger partial charge is 0.508 e. The summed E-state index contributed by atoms with van der Waals surface area (Å²) in [5.41, 5.74) is 46.6. The summed E-state index contributed by atoms with van der Waals surface area (Å²) in [6.07, 6.45) is 2.08. The van der Waals surface area contributed by atoms with Crippen LogP contribution in [0.1, 0.15) is 129 Å². The van der Waals surface area contributed by atoms with Crippen molar-refractivity contribution in [3.05, 3.63) is 65.7 Å². The fourth-order valence-electron chi connectivity index (χ4n) is 10.6. The van der Waals surface area contributed by atoms with Crippen molar-refractivity contribution in [1.82, 2.24) is 52.8 Å². The van der Waals surface area contributed by atoms with Gasteiger partial charge in [-0.1, -0.05) is 76.6 Å². The minimum absolute atomic E-state index is 0.00239. The molecule has 0 spiro atoms. The van der Waals surface area contributed by atoms with Crippen LogP contribution in [0.15, 0.2) is 69.6 Å². The van der Waals surface area contributed by atoms with Gasteiger partial charge in [0.1, 0.15) is 60.1 Å². The molecule has 544 valence electrons. The fourth-order valence-corrected chi connectivity index (χ4v) is 10.6. The average Bonchev–Trinajstić information content (AvgIpc) is 1.51. The highest BCUT2D eigenvalue weighted by molar-refractivity contribution is 5.99. The zero-order valence-corrected chi connectivity index (χ0v) is 56.8. The second-order valence-electron chi connectivity index (χ2n) is 24.7. The Morgan fingerprint density at radius 2 is 1.05 bits per heavy atom. The molecule has 1 unspecified atom stereocenters. The topological polar surface area (TPSA) is 585 Å². The number of guanidine groups is 3. The first kappa shape index (κ1) is 82.4. The smallest absolute Gasteiger partial charge is 0.326 e. The van der Waals surface area contributed by atoms with Crippen LogP contribution in [0.25, 0.3) is 0 Å². The van der Waals surface area contributed by atoms with Crippen LogP contribution < -0.4 is 93.7 Å². The molecule has 0 radical (unpaired) electrons. The van der Waals surface area contributed by atoms with Crippen molar-refractivity contribution in [2.24, 2.45) is 72.7 Å². The number of carboxylic acids is 1. The number of aliphatic imine (C=N–C) groups is 3. The van der Waals surface area contributed by atoms with Crippen LogP contribution in [-0.2, 0) is 65.6 Å². The number of aromatic hydroxyl groups is 1. The van der Waals surface area contributed by atoms with Crippen LogP contribution in [0.3, 0.4) is 0 Å². The van der Waals surface area contributed by atoms with Crippen molar-refractivity contribution in [2.45, 2.75) is 191 Å². The standard InChI is InChI=1S/C64H105N21O13/c1-6-37(4)51(59(95)81-45(21-14-30-75-64(71)72)60(96)85-31-15-22-49(85)58(94)82-46(61(97)98)18-10-11-27-65)84-55(91)44(20-13-29-74-63(69)70)79-54(90)43(19-12-28-73-62(67)68)80-56(92)47(32-36(2)3)83-57(93)48(34-39-16-8-7-9-17-39)78-50(87)35-76-52(88)38(5)77-53(89)42(66)33-40-23-25-41(86)26-24-40/h7-9,16-17,23-26,36-38,42-49,51,86H,6,10-15,18-22,27-35,65-66H2,1-5H3,(H,76,88)(H,77,89)(H,78,87)(H,79,90)(H,80,92)(H,81,95)(H,82,94)(H,83,93)(H,84,91)(H,97,98)(H4,67,68,73)(H4,69,70,74)(H4,71,72,75)/t37?,38-,42+,43+,44+,45+,46+,47+,48+,49+,51+/m1/s1. The number of carboxylic acid groups (broad SMARTS) is 1. The molecule has 0 aromatic heterocycles. The molecule has 1 heterocycles. The highest BCUT2D eigenvalue weighted by Gasteiger charge is 2.41. The van der Waals surface area contributed by atoms with Gasteiger partial charge in [0.15, 0.2) is 17.9 Å². The molecule has 2 aromatic rings. The lowest BCUT2D eigenvalue weighted by Crippen LogP contribution is -2.61. The molecular weight excluding hydrogens is 1270 g/mol. The van der Waals surface area contributed by atoms with Crippen LogP contribution in [0.4, 0.5) is 0 Å². The first-order valence-corrected chi connectivity index (χ1v) is 33.1. The number of carbonyl (C=O) groups is 11. The van der Waals surface area contributed by atoms with Crippen LogP contribution in [0.2, 0.25) is 0 Å². The van der Waals surface area contributed by atoms with Crippen LogP contribution in [0, 0.1) is 11.8 Å². The number of nitrogens with zero attached hydrogens (tertiary/aromatic N) is 4. The predicted octanol–water partition coefficient (Wildman–Crippen LogP) is -4.02. The molecule has 0 bridgehead atoms. The zero-order valence-electron chi connectivity index (χ0n) is 56.8. The Hall–Kier alpha value is -9.86. The Morgan fingerprint density at radius 1 is 0.551 bits per heavy atom. The molecule has 1 fully saturated rings. The first-order valence-electron chi connectivity index (χ1n) is 33.1. The maximum absolute atomic E-state index is 14.8. The molecule has 0 saturated carbocycles. The van der Waals surface area contributed by atoms with Gasteiger partial charge in [-0.2, -0.15) is 0 Å². The summed E-state index contributed by atoms with van der Waals surface area (Å²) in [6.45, 7) is 8.24. The molecule has 1 aliphatic heterocycles. The number of hydrogen-bond acceptors (Lipinski definition) is 17. The lowest BCUT2D eigenvalue weighted by Gasteiger charge is -2.32. The van der Waals surface area contributed by atoms with Gasteiger partial charge in [-0.05, 0) is 132 Å². The number of phenols is 1. The van der Waals surface area contributed by atoms with E-state index >= 15 is 0 Å². The van der Waals surface area contributed by atoms with E-state index in [0.717, 1.165) is 0 Å². The van der Waals surface area contributed by atoms with E-state index in [4.69, 9.17) is 45.9 Å². The van der Waals surface area contributed by atoms with Crippen molar-refractivity contribution in [3.8, 4) is 5.75 Å². The van der Waals surface area contributed by atoms with E-state index in [1.165, 1.54) is 24.0 Å². The van der Waals surface area contributed by atoms with Gasteiger partial charge >= 0.3 is 5.97 Å². The zero-order chi connectivity index (χ0) is 73.0. The molecular formula is C64H105N21O13. The molecule has 2 aromatic carbocycles. The SMILES string of the molecule is CCC(C)[C@H](NC(=O)[C@H](CCCN=C(N)N)NC(=O)[C@H](CCCN=C(N)N)NC(=O)[C@H](CC(C)C)NC(=O)[C@H](Cc1ccccc1)NC(=O)CNC(=O)[C@@H](C)NC(=O)[C@@H](N)Cc1ccc(O)cc1)C(=O)N[C@@H](CCCN=C(N)N)C(=O)N1CCC[C@H]1C(=O)N[C@@H](CCCCN)C(=O)O. The fraction of sp³-hybridized carbons (Fsp3) is 0.594. The van der Waals surface area contributed by atoms with Crippen LogP contribution in [0.5, 0.6) is 5.75 Å². The van der Waals surface area contributed by atoms with E-state index < -0.39 is 138 Å². The number of rotatable bonds is 44. The van der Waals surface area contributed by atoms with E-state index in [1.807, 2.05) is 0 Å². The molecule has 0 aliphatic carbocycles. The maximum atomic E-state index is 14.8. The molecule has 34 heteroatoms. The lowest BCUT2D eigenvalue weighted by atomic mass is 9.96. The predicted molar refractivity (Wildman–Crippen MR) is 368 cm³/mol. The second-order valence-corrected chi connectivity index (χ2v) is 24.7. The van der Waals surface area contributed by atoms with Gasteiger partial charge in [-0.25, -0.2) is 4.79 Å². The summed E-state index contributed by atoms with van der Waals surface area (Å²) in [7, 11) is 0. The van der Waals surface area contributed by atoms with E-state index in [1.54, 1.807) is 70.2 Å². The quantitative estimate of drug-likeness (QED) is 0.0171. The minimum atomic E-state index is -1.44. The van der Waals surface area contributed by atoms with Crippen molar-refractivity contribution in [3.63, 3.8) is 0 Å². The Balaban J connectivity index is 1.93. The molecule has 27 N–H and O–H groups in total. The molecule has 3 rings (SSSR count). The normalized spacial score (nSPS) is 15.6. The van der Waals surface area contributed by atoms with E-state index in [9.17, 15) is 63.0 Å². The number of amides is 10. The molecule has 10 amide bonds. The molecule has 98 heavy (non-hydrogen) atoms. The number of phenolic OH excluding ortho intramolecular Hbond substituents is 1. The van der Waals surface area contributed by atoms with E-state index in [-0.39, 0.29) is 126 Å². The summed E-state index contributed by atoms with van der Waals surface area (Å²) < 4.78 is 0. The third kappa shape index (κ3) is 30.5. The number of carbonyl (C=O) groups excluding carboxylic acids is 10. The van der Waals surface area contributed by atoms with Gasteiger partial charge in [0, 0.05) is 32.6 Å². The summed E-state index contributed by atoms with van der Waals surface area (Å²) in [6, 6.07) is 1.96. The average molecular weight is 1380 g/mol. The van der Waals surface area contributed by atoms with Gasteiger partial charge in [0.2, 0.25) is 59.1 Å². The summed E-state index contributed by atoms with van der Waals surface area (Å²) in [4.78, 5) is 167. The van der Waals surface area contributed by atoms with Gasteiger partial charge in [0.25, 0.3) is 0 Å². The summed E-state index contributed by atoms with van der Waals surface area (Å²) in [5, 5.41) is 43.4. The van der Waals surface area contributed by atoms with Crippen molar-refractivity contribution in [1.29, 1.82) is 0 Å². The first-order chi connectivity index (χ1) is 46.4. The van der Waals surface area contributed by atoms with Crippen LogP contribution in [-0.4, -0.2) is 198 Å². The third-order valence-electron chi connectivity index (χ3n) is 16.1. The number of unbranched alkanes of at least 4 members (excludes halogenated alkanes) is 1. The second kappa shape index (κ2) is 43.3. The Morgan fingerprint density at radius 3 is 1.58 bits per heavy atom. The Kier molecular flexibility index (Phi) is 36.4. The van der Waals surface area contributed by atoms with E-state index in [0.29, 0.717) is 43.4 Å².